The molecule has 1 aromatic heterocycles. The first-order chi connectivity index (χ1) is 10.1. The molecule has 0 saturated heterocycles. The molecule has 0 unspecified atom stereocenters. The summed E-state index contributed by atoms with van der Waals surface area (Å²) in [4.78, 5) is 23.7. The summed E-state index contributed by atoms with van der Waals surface area (Å²) in [5.41, 5.74) is 0.650. The highest BCUT2D eigenvalue weighted by atomic mass is 19.1. The Hall–Kier alpha value is -2.50. The molecule has 1 aromatic carbocycles. The van der Waals surface area contributed by atoms with Crippen LogP contribution >= 0.6 is 0 Å². The van der Waals surface area contributed by atoms with E-state index in [0.29, 0.717) is 0 Å². The topological polar surface area (TPSA) is 64.0 Å². The molecule has 6 heteroatoms. The molecule has 1 aliphatic carbocycles. The highest BCUT2D eigenvalue weighted by molar-refractivity contribution is 5.92. The van der Waals surface area contributed by atoms with Crippen LogP contribution in [0.1, 0.15) is 28.9 Å². The molecule has 2 aromatic rings. The number of hydrogen-bond donors (Lipinski definition) is 1. The number of carbonyl (C=O) groups excluding carboxylic acids is 1. The number of hydrogen-bond acceptors (Lipinski definition) is 3. The number of rotatable bonds is 4. The Morgan fingerprint density at radius 1 is 1.24 bits per heavy atom. The molecule has 108 valence electrons. The van der Waals surface area contributed by atoms with Crippen molar-refractivity contribution in [3.63, 3.8) is 0 Å². The molecule has 5 nitrogen and oxygen atoms in total. The van der Waals surface area contributed by atoms with Gasteiger partial charge in [0.25, 0.3) is 11.5 Å². The van der Waals surface area contributed by atoms with Crippen LogP contribution in [0, 0.1) is 5.82 Å². The molecule has 3 rings (SSSR count). The van der Waals surface area contributed by atoms with Crippen molar-refractivity contribution in [3.8, 4) is 0 Å². The molecule has 0 aliphatic heterocycles. The first kappa shape index (κ1) is 13.5. The van der Waals surface area contributed by atoms with Crippen LogP contribution in [0.5, 0.6) is 0 Å². The van der Waals surface area contributed by atoms with Gasteiger partial charge in [-0.05, 0) is 36.6 Å². The zero-order valence-corrected chi connectivity index (χ0v) is 11.3. The number of aromatic nitrogens is 2. The summed E-state index contributed by atoms with van der Waals surface area (Å²) >= 11 is 0. The molecule has 1 heterocycles. The monoisotopic (exact) mass is 287 g/mol. The summed E-state index contributed by atoms with van der Waals surface area (Å²) < 4.78 is 14.1. The lowest BCUT2D eigenvalue weighted by Crippen LogP contribution is -2.30. The predicted molar refractivity (Wildman–Crippen MR) is 74.5 cm³/mol. The summed E-state index contributed by atoms with van der Waals surface area (Å²) in [5, 5.41) is 6.89. The maximum Gasteiger partial charge on any atom is 0.271 e. The summed E-state index contributed by atoms with van der Waals surface area (Å²) in [6, 6.07) is 8.78. The van der Waals surface area contributed by atoms with Crippen molar-refractivity contribution in [3.05, 3.63) is 63.8 Å². The van der Waals surface area contributed by atoms with Gasteiger partial charge in [-0.25, -0.2) is 9.07 Å². The van der Waals surface area contributed by atoms with E-state index >= 15 is 0 Å². The van der Waals surface area contributed by atoms with E-state index in [2.05, 4.69) is 10.4 Å². The van der Waals surface area contributed by atoms with E-state index in [0.717, 1.165) is 18.4 Å². The minimum Gasteiger partial charge on any atom is -0.348 e. The van der Waals surface area contributed by atoms with Crippen LogP contribution in [0.3, 0.4) is 0 Å². The van der Waals surface area contributed by atoms with Gasteiger partial charge >= 0.3 is 0 Å². The zero-order chi connectivity index (χ0) is 14.8. The fraction of sp³-hybridized carbons (Fsp3) is 0.267. The Labute approximate surface area is 120 Å². The summed E-state index contributed by atoms with van der Waals surface area (Å²) in [6.07, 6.45) is 1.97. The quantitative estimate of drug-likeness (QED) is 0.922. The van der Waals surface area contributed by atoms with Gasteiger partial charge in [0.1, 0.15) is 11.5 Å². The van der Waals surface area contributed by atoms with E-state index in [1.807, 2.05) is 0 Å². The van der Waals surface area contributed by atoms with Gasteiger partial charge in [0, 0.05) is 12.1 Å². The zero-order valence-electron chi connectivity index (χ0n) is 11.3. The summed E-state index contributed by atoms with van der Waals surface area (Å²) in [6.45, 7) is 0.198. The van der Waals surface area contributed by atoms with Gasteiger partial charge < -0.3 is 5.32 Å². The van der Waals surface area contributed by atoms with Crippen molar-refractivity contribution in [2.24, 2.45) is 0 Å². The van der Waals surface area contributed by atoms with Gasteiger partial charge in [-0.1, -0.05) is 12.1 Å². The molecule has 21 heavy (non-hydrogen) atoms. The molecule has 1 fully saturated rings. The Morgan fingerprint density at radius 2 is 1.95 bits per heavy atom. The van der Waals surface area contributed by atoms with Crippen LogP contribution < -0.4 is 10.9 Å². The standard InChI is InChI=1S/C15H14FN3O2/c16-11-3-1-10(2-4-11)9-19-14(20)8-7-13(18-19)15(21)17-12-5-6-12/h1-4,7-8,12H,5-6,9H2,(H,17,21). The van der Waals surface area contributed by atoms with E-state index in [1.165, 1.54) is 28.9 Å². The number of halogens is 1. The molecule has 1 N–H and O–H groups in total. The van der Waals surface area contributed by atoms with E-state index in [4.69, 9.17) is 0 Å². The highest BCUT2D eigenvalue weighted by Gasteiger charge is 2.24. The molecule has 0 radical (unpaired) electrons. The largest absolute Gasteiger partial charge is 0.348 e. The van der Waals surface area contributed by atoms with Crippen LogP contribution in [-0.2, 0) is 6.54 Å². The fourth-order valence-corrected chi connectivity index (χ4v) is 1.93. The Bertz CT molecular complexity index is 720. The van der Waals surface area contributed by atoms with E-state index < -0.39 is 0 Å². The minimum absolute atomic E-state index is 0.198. The fourth-order valence-electron chi connectivity index (χ4n) is 1.93. The van der Waals surface area contributed by atoms with Gasteiger partial charge in [-0.3, -0.25) is 9.59 Å². The first-order valence-corrected chi connectivity index (χ1v) is 6.75. The van der Waals surface area contributed by atoms with Crippen molar-refractivity contribution in [2.45, 2.75) is 25.4 Å². The summed E-state index contributed by atoms with van der Waals surface area (Å²) in [5.74, 6) is -0.609. The number of benzene rings is 1. The third-order valence-corrected chi connectivity index (χ3v) is 3.26. The molecule has 0 spiro atoms. The second-order valence-corrected chi connectivity index (χ2v) is 5.09. The average Bonchev–Trinajstić information content (AvgIpc) is 3.27. The molecule has 1 saturated carbocycles. The smallest absolute Gasteiger partial charge is 0.271 e. The SMILES string of the molecule is O=C(NC1CC1)c1ccc(=O)n(Cc2ccc(F)cc2)n1. The van der Waals surface area contributed by atoms with Crippen LogP contribution in [0.4, 0.5) is 4.39 Å². The molecule has 0 bridgehead atoms. The third-order valence-electron chi connectivity index (χ3n) is 3.26. The van der Waals surface area contributed by atoms with E-state index in [1.54, 1.807) is 12.1 Å². The van der Waals surface area contributed by atoms with Crippen LogP contribution in [0.15, 0.2) is 41.2 Å². The molecule has 0 atom stereocenters. The van der Waals surface area contributed by atoms with E-state index in [-0.39, 0.29) is 35.6 Å². The van der Waals surface area contributed by atoms with Gasteiger partial charge in [0.05, 0.1) is 6.54 Å². The van der Waals surface area contributed by atoms with Crippen molar-refractivity contribution < 1.29 is 9.18 Å². The normalized spacial score (nSPS) is 14.0. The van der Waals surface area contributed by atoms with Crippen LogP contribution in [0.2, 0.25) is 0 Å². The Morgan fingerprint density at radius 3 is 2.62 bits per heavy atom. The summed E-state index contributed by atoms with van der Waals surface area (Å²) in [7, 11) is 0. The lowest BCUT2D eigenvalue weighted by molar-refractivity contribution is 0.0943. The number of carbonyl (C=O) groups is 1. The Kier molecular flexibility index (Phi) is 3.51. The lowest BCUT2D eigenvalue weighted by Gasteiger charge is -2.07. The third kappa shape index (κ3) is 3.34. The average molecular weight is 287 g/mol. The molecule has 1 amide bonds. The minimum atomic E-state index is -0.336. The second-order valence-electron chi connectivity index (χ2n) is 5.09. The Balaban J connectivity index is 1.81. The van der Waals surface area contributed by atoms with Crippen molar-refractivity contribution in [1.82, 2.24) is 15.1 Å². The molecular formula is C15H14FN3O2. The second kappa shape index (κ2) is 5.47. The van der Waals surface area contributed by atoms with Crippen LogP contribution in [-0.4, -0.2) is 21.7 Å². The highest BCUT2D eigenvalue weighted by Crippen LogP contribution is 2.18. The van der Waals surface area contributed by atoms with Crippen molar-refractivity contribution in [2.75, 3.05) is 0 Å². The number of nitrogens with one attached hydrogen (secondary N) is 1. The lowest BCUT2D eigenvalue weighted by atomic mass is 10.2. The van der Waals surface area contributed by atoms with Gasteiger partial charge in [0.2, 0.25) is 0 Å². The van der Waals surface area contributed by atoms with Crippen molar-refractivity contribution in [1.29, 1.82) is 0 Å². The van der Waals surface area contributed by atoms with E-state index in [9.17, 15) is 14.0 Å². The molecular weight excluding hydrogens is 273 g/mol. The maximum absolute atomic E-state index is 12.9. The van der Waals surface area contributed by atoms with Gasteiger partial charge in [-0.2, -0.15) is 5.10 Å². The number of amides is 1. The van der Waals surface area contributed by atoms with Gasteiger partial charge in [0.15, 0.2) is 0 Å². The van der Waals surface area contributed by atoms with Crippen molar-refractivity contribution >= 4 is 5.91 Å². The predicted octanol–water partition coefficient (Wildman–Crippen LogP) is 1.32. The van der Waals surface area contributed by atoms with Gasteiger partial charge in [-0.15, -0.1) is 0 Å². The van der Waals surface area contributed by atoms with Crippen LogP contribution in [0.25, 0.3) is 0 Å². The maximum atomic E-state index is 12.9. The number of nitrogens with zero attached hydrogens (tertiary/aromatic N) is 2. The molecule has 1 aliphatic rings. The first-order valence-electron chi connectivity index (χ1n) is 6.75.